The molecule has 1 unspecified atom stereocenters. The Hall–Kier alpha value is -1.32. The lowest BCUT2D eigenvalue weighted by molar-refractivity contribution is 0.455. The van der Waals surface area contributed by atoms with Crippen LogP contribution in [0.5, 0.6) is 5.75 Å². The molecule has 1 aliphatic heterocycles. The van der Waals surface area contributed by atoms with Gasteiger partial charge in [-0.1, -0.05) is 54.6 Å². The Labute approximate surface area is 153 Å². The lowest BCUT2D eigenvalue weighted by Crippen LogP contribution is -2.25. The van der Waals surface area contributed by atoms with E-state index in [2.05, 4.69) is 66.5 Å². The molecule has 1 N–H and O–H groups in total. The fraction of sp³-hybridized carbons (Fsp3) is 0.333. The molecule has 3 rings (SSSR count). The molecule has 1 saturated heterocycles. The molecule has 1 heterocycles. The second-order valence-electron chi connectivity index (χ2n) is 6.15. The van der Waals surface area contributed by atoms with E-state index in [9.17, 15) is 5.11 Å². The largest absolute Gasteiger partial charge is 0.508 e. The minimum absolute atomic E-state index is 0.0649. The fourth-order valence-electron chi connectivity index (χ4n) is 3.35. The van der Waals surface area contributed by atoms with Gasteiger partial charge in [-0.05, 0) is 53.9 Å². The molecule has 0 saturated carbocycles. The van der Waals surface area contributed by atoms with E-state index in [0.29, 0.717) is 5.75 Å². The summed E-state index contributed by atoms with van der Waals surface area (Å²) in [7, 11) is 0. The van der Waals surface area contributed by atoms with Crippen molar-refractivity contribution in [1.82, 2.24) is 0 Å². The standard InChI is InChI=1S/C21H24OS2/c1-2-9-17(19-12-6-7-13-20(19)22)16-21(23-14-8-15-24-21)18-10-4-3-5-11-18/h2-7,10-13,17,22H,1,8-9,14-16H2. The summed E-state index contributed by atoms with van der Waals surface area (Å²) in [5.74, 6) is 3.08. The Bertz CT molecular complexity index is 663. The van der Waals surface area contributed by atoms with Crippen molar-refractivity contribution in [3.63, 3.8) is 0 Å². The number of phenols is 1. The molecule has 2 aromatic carbocycles. The summed E-state index contributed by atoms with van der Waals surface area (Å²) < 4.78 is 0.0649. The highest BCUT2D eigenvalue weighted by Crippen LogP contribution is 2.56. The number of aromatic hydroxyl groups is 1. The first-order valence-corrected chi connectivity index (χ1v) is 10.4. The molecule has 0 radical (unpaired) electrons. The predicted octanol–water partition coefficient (Wildman–Crippen LogP) is 6.17. The molecule has 0 bridgehead atoms. The maximum atomic E-state index is 10.3. The van der Waals surface area contributed by atoms with Gasteiger partial charge in [-0.15, -0.1) is 30.1 Å². The molecule has 0 aliphatic carbocycles. The third kappa shape index (κ3) is 3.84. The number of rotatable bonds is 6. The summed E-state index contributed by atoms with van der Waals surface area (Å²) in [5, 5.41) is 10.3. The van der Waals surface area contributed by atoms with Crippen LogP contribution in [0.3, 0.4) is 0 Å². The van der Waals surface area contributed by atoms with Crippen LogP contribution in [0, 0.1) is 0 Å². The number of benzene rings is 2. The Morgan fingerprint density at radius 2 is 1.71 bits per heavy atom. The molecule has 0 amide bonds. The maximum Gasteiger partial charge on any atom is 0.119 e. The SMILES string of the molecule is C=CCC(CC1(c2ccccc2)SCCCS1)c1ccccc1O. The molecule has 2 aromatic rings. The predicted molar refractivity (Wildman–Crippen MR) is 108 cm³/mol. The number of phenolic OH excluding ortho intramolecular Hbond substituents is 1. The molecule has 3 heteroatoms. The summed E-state index contributed by atoms with van der Waals surface area (Å²) in [6.45, 7) is 3.95. The monoisotopic (exact) mass is 356 g/mol. The van der Waals surface area contributed by atoms with Gasteiger partial charge in [0.05, 0.1) is 4.08 Å². The molecule has 24 heavy (non-hydrogen) atoms. The van der Waals surface area contributed by atoms with Crippen LogP contribution >= 0.6 is 23.5 Å². The number of thioether (sulfide) groups is 2. The van der Waals surface area contributed by atoms with Gasteiger partial charge in [0.2, 0.25) is 0 Å². The van der Waals surface area contributed by atoms with Crippen molar-refractivity contribution in [3.8, 4) is 5.75 Å². The molecular weight excluding hydrogens is 332 g/mol. The van der Waals surface area contributed by atoms with Crippen LogP contribution in [-0.2, 0) is 4.08 Å². The van der Waals surface area contributed by atoms with E-state index in [4.69, 9.17) is 0 Å². The van der Waals surface area contributed by atoms with Crippen molar-refractivity contribution in [2.45, 2.75) is 29.3 Å². The van der Waals surface area contributed by atoms with Crippen LogP contribution < -0.4 is 0 Å². The molecule has 1 aliphatic rings. The molecule has 0 spiro atoms. The van der Waals surface area contributed by atoms with E-state index in [1.165, 1.54) is 23.5 Å². The number of hydrogen-bond donors (Lipinski definition) is 1. The van der Waals surface area contributed by atoms with E-state index < -0.39 is 0 Å². The van der Waals surface area contributed by atoms with Gasteiger partial charge in [0.1, 0.15) is 5.75 Å². The topological polar surface area (TPSA) is 20.2 Å². The van der Waals surface area contributed by atoms with Crippen molar-refractivity contribution in [2.75, 3.05) is 11.5 Å². The van der Waals surface area contributed by atoms with Crippen LogP contribution in [0.1, 0.15) is 36.3 Å². The zero-order valence-electron chi connectivity index (χ0n) is 13.9. The van der Waals surface area contributed by atoms with E-state index in [-0.39, 0.29) is 10.00 Å². The summed E-state index contributed by atoms with van der Waals surface area (Å²) in [5.41, 5.74) is 2.43. The van der Waals surface area contributed by atoms with Crippen LogP contribution in [-0.4, -0.2) is 16.6 Å². The van der Waals surface area contributed by atoms with Crippen molar-refractivity contribution in [2.24, 2.45) is 0 Å². The molecular formula is C21H24OS2. The highest BCUT2D eigenvalue weighted by atomic mass is 32.2. The second kappa shape index (κ2) is 8.17. The maximum absolute atomic E-state index is 10.3. The molecule has 1 atom stereocenters. The van der Waals surface area contributed by atoms with Gasteiger partial charge in [0.25, 0.3) is 0 Å². The van der Waals surface area contributed by atoms with Crippen molar-refractivity contribution >= 4 is 23.5 Å². The third-order valence-electron chi connectivity index (χ3n) is 4.52. The Balaban J connectivity index is 1.95. The average molecular weight is 357 g/mol. The lowest BCUT2D eigenvalue weighted by atomic mass is 9.88. The van der Waals surface area contributed by atoms with Crippen LogP contribution in [0.2, 0.25) is 0 Å². The Kier molecular flexibility index (Phi) is 5.96. The van der Waals surface area contributed by atoms with E-state index >= 15 is 0 Å². The smallest absolute Gasteiger partial charge is 0.119 e. The van der Waals surface area contributed by atoms with Gasteiger partial charge in [0.15, 0.2) is 0 Å². The van der Waals surface area contributed by atoms with Gasteiger partial charge >= 0.3 is 0 Å². The van der Waals surface area contributed by atoms with Gasteiger partial charge in [-0.3, -0.25) is 0 Å². The van der Waals surface area contributed by atoms with Crippen LogP contribution in [0.25, 0.3) is 0 Å². The first-order chi connectivity index (χ1) is 11.7. The number of hydrogen-bond acceptors (Lipinski definition) is 3. The van der Waals surface area contributed by atoms with Gasteiger partial charge < -0.3 is 5.11 Å². The van der Waals surface area contributed by atoms with Crippen molar-refractivity contribution < 1.29 is 5.11 Å². The minimum atomic E-state index is 0.0649. The lowest BCUT2D eigenvalue weighted by Gasteiger charge is -2.39. The normalized spacial score (nSPS) is 18.0. The van der Waals surface area contributed by atoms with Crippen LogP contribution in [0.15, 0.2) is 67.3 Å². The Morgan fingerprint density at radius 1 is 1.04 bits per heavy atom. The number of allylic oxidation sites excluding steroid dienone is 1. The Morgan fingerprint density at radius 3 is 2.38 bits per heavy atom. The zero-order valence-corrected chi connectivity index (χ0v) is 15.5. The quantitative estimate of drug-likeness (QED) is 0.625. The molecule has 126 valence electrons. The van der Waals surface area contributed by atoms with Crippen molar-refractivity contribution in [1.29, 1.82) is 0 Å². The molecule has 1 nitrogen and oxygen atoms in total. The van der Waals surface area contributed by atoms with E-state index in [0.717, 1.165) is 18.4 Å². The van der Waals surface area contributed by atoms with E-state index in [1.54, 1.807) is 6.07 Å². The van der Waals surface area contributed by atoms with Gasteiger partial charge in [-0.2, -0.15) is 0 Å². The fourth-order valence-corrected chi connectivity index (χ4v) is 6.84. The highest BCUT2D eigenvalue weighted by Gasteiger charge is 2.38. The van der Waals surface area contributed by atoms with Gasteiger partial charge in [-0.25, -0.2) is 0 Å². The summed E-state index contributed by atoms with van der Waals surface area (Å²) in [6, 6.07) is 18.6. The summed E-state index contributed by atoms with van der Waals surface area (Å²) in [4.78, 5) is 0. The zero-order chi connectivity index (χ0) is 16.8. The minimum Gasteiger partial charge on any atom is -0.508 e. The first-order valence-electron chi connectivity index (χ1n) is 8.47. The molecule has 0 aromatic heterocycles. The third-order valence-corrected chi connectivity index (χ3v) is 7.95. The second-order valence-corrected chi connectivity index (χ2v) is 9.20. The first kappa shape index (κ1) is 17.5. The summed E-state index contributed by atoms with van der Waals surface area (Å²) >= 11 is 4.13. The van der Waals surface area contributed by atoms with E-state index in [1.807, 2.05) is 18.2 Å². The van der Waals surface area contributed by atoms with Gasteiger partial charge in [0, 0.05) is 0 Å². The average Bonchev–Trinajstić information content (AvgIpc) is 2.63. The van der Waals surface area contributed by atoms with Crippen molar-refractivity contribution in [3.05, 3.63) is 78.4 Å². The highest BCUT2D eigenvalue weighted by molar-refractivity contribution is 8.18. The summed E-state index contributed by atoms with van der Waals surface area (Å²) in [6.07, 6.45) is 5.14. The molecule has 1 fully saturated rings. The van der Waals surface area contributed by atoms with Crippen LogP contribution in [0.4, 0.5) is 0 Å². The number of para-hydroxylation sites is 1.